The average molecular weight is 453 g/mol. The highest BCUT2D eigenvalue weighted by molar-refractivity contribution is 6.83. The van der Waals surface area contributed by atoms with Gasteiger partial charge in [-0.3, -0.25) is 0 Å². The summed E-state index contributed by atoms with van der Waals surface area (Å²) >= 11 is 0. The lowest BCUT2D eigenvalue weighted by atomic mass is 10.0. The molecule has 0 aliphatic carbocycles. The topological polar surface area (TPSA) is 55.4 Å². The van der Waals surface area contributed by atoms with Gasteiger partial charge in [0.15, 0.2) is 36.6 Å². The van der Waals surface area contributed by atoms with Crippen molar-refractivity contribution in [1.82, 2.24) is 0 Å². The summed E-state index contributed by atoms with van der Waals surface area (Å²) in [7, 11) is 5.17. The van der Waals surface area contributed by atoms with Gasteiger partial charge in [0.1, 0.15) is 8.07 Å². The quantitative estimate of drug-likeness (QED) is 0.153. The van der Waals surface area contributed by atoms with Gasteiger partial charge in [0.25, 0.3) is 0 Å². The van der Waals surface area contributed by atoms with Gasteiger partial charge in [0.2, 0.25) is 0 Å². The lowest BCUT2D eigenvalue weighted by Gasteiger charge is -2.20. The van der Waals surface area contributed by atoms with Gasteiger partial charge in [-0.2, -0.15) is 0 Å². The summed E-state index contributed by atoms with van der Waals surface area (Å²) in [6.45, 7) is 7.09. The van der Waals surface area contributed by atoms with Crippen molar-refractivity contribution in [1.29, 1.82) is 0 Å². The van der Waals surface area contributed by atoms with Gasteiger partial charge in [0.05, 0.1) is 14.2 Å². The van der Waals surface area contributed by atoms with Crippen LogP contribution in [0, 0.1) is 11.5 Å². The zero-order valence-corrected chi connectivity index (χ0v) is 21.4. The highest BCUT2D eigenvalue weighted by Gasteiger charge is 2.22. The average Bonchev–Trinajstić information content (AvgIpc) is 2.74. The first-order valence-electron chi connectivity index (χ1n) is 10.9. The van der Waals surface area contributed by atoms with Gasteiger partial charge < -0.3 is 28.4 Å². The van der Waals surface area contributed by atoms with E-state index in [2.05, 4.69) is 31.1 Å². The van der Waals surface area contributed by atoms with Gasteiger partial charge in [0, 0.05) is 32.3 Å². The molecule has 0 unspecified atom stereocenters. The molecule has 0 aromatic heterocycles. The summed E-state index contributed by atoms with van der Waals surface area (Å²) in [6.07, 6.45) is 7.47. The second-order valence-corrected chi connectivity index (χ2v) is 13.1. The van der Waals surface area contributed by atoms with Crippen LogP contribution in [0.25, 0.3) is 0 Å². The molecule has 0 amide bonds. The number of hydrogen-bond donors (Lipinski definition) is 0. The predicted octanol–water partition coefficient (Wildman–Crippen LogP) is 5.43. The van der Waals surface area contributed by atoms with E-state index in [1.807, 2.05) is 0 Å². The Morgan fingerprint density at radius 1 is 0.742 bits per heavy atom. The third-order valence-corrected chi connectivity index (χ3v) is 5.45. The lowest BCUT2D eigenvalue weighted by molar-refractivity contribution is 0.0444. The Balaban J connectivity index is 2.77. The Hall–Kier alpha value is -1.88. The SMILES string of the molecule is COCOc1cc(OC)c(OCOC)c(CCCCCCCC#C[Si](C)(C)C)c1OC. The molecule has 7 heteroatoms. The third-order valence-electron chi connectivity index (χ3n) is 4.53. The number of rotatable bonds is 15. The van der Waals surface area contributed by atoms with Crippen LogP contribution in [0.3, 0.4) is 0 Å². The fourth-order valence-electron chi connectivity index (χ4n) is 3.13. The third kappa shape index (κ3) is 10.3. The fourth-order valence-corrected chi connectivity index (χ4v) is 3.79. The zero-order valence-electron chi connectivity index (χ0n) is 20.4. The summed E-state index contributed by atoms with van der Waals surface area (Å²) in [5, 5.41) is 0. The van der Waals surface area contributed by atoms with Crippen molar-refractivity contribution in [3.63, 3.8) is 0 Å². The van der Waals surface area contributed by atoms with E-state index in [1.54, 1.807) is 34.5 Å². The van der Waals surface area contributed by atoms with E-state index >= 15 is 0 Å². The van der Waals surface area contributed by atoms with E-state index in [-0.39, 0.29) is 13.6 Å². The lowest BCUT2D eigenvalue weighted by Crippen LogP contribution is -2.16. The first-order valence-corrected chi connectivity index (χ1v) is 14.4. The van der Waals surface area contributed by atoms with Crippen molar-refractivity contribution in [2.45, 2.75) is 64.6 Å². The molecule has 31 heavy (non-hydrogen) atoms. The Bertz CT molecular complexity index is 703. The monoisotopic (exact) mass is 452 g/mol. The van der Waals surface area contributed by atoms with Crippen LogP contribution in [0.5, 0.6) is 23.0 Å². The Kier molecular flexibility index (Phi) is 13.1. The maximum absolute atomic E-state index is 5.83. The van der Waals surface area contributed by atoms with Crippen molar-refractivity contribution in [2.24, 2.45) is 0 Å². The van der Waals surface area contributed by atoms with Gasteiger partial charge in [-0.05, 0) is 19.3 Å². The van der Waals surface area contributed by atoms with Gasteiger partial charge in [-0.1, -0.05) is 38.9 Å². The Labute approximate surface area is 189 Å². The molecule has 176 valence electrons. The largest absolute Gasteiger partial charge is 0.493 e. The number of methoxy groups -OCH3 is 4. The molecule has 0 atom stereocenters. The van der Waals surface area contributed by atoms with Crippen LogP contribution >= 0.6 is 0 Å². The number of unbranched alkanes of at least 4 members (excludes halogenated alkanes) is 5. The fraction of sp³-hybridized carbons (Fsp3) is 0.667. The van der Waals surface area contributed by atoms with Crippen molar-refractivity contribution >= 4 is 8.07 Å². The summed E-state index contributed by atoms with van der Waals surface area (Å²) in [5.41, 5.74) is 4.35. The highest BCUT2D eigenvalue weighted by atomic mass is 28.3. The molecule has 0 bridgehead atoms. The van der Waals surface area contributed by atoms with Crippen LogP contribution in [0.1, 0.15) is 44.1 Å². The second-order valence-electron chi connectivity index (χ2n) is 8.34. The van der Waals surface area contributed by atoms with E-state index in [0.29, 0.717) is 23.0 Å². The van der Waals surface area contributed by atoms with Crippen LogP contribution in [0.4, 0.5) is 0 Å². The molecular formula is C24H40O6Si. The molecule has 1 aromatic rings. The van der Waals surface area contributed by atoms with Crippen LogP contribution in [0.15, 0.2) is 6.07 Å². The van der Waals surface area contributed by atoms with E-state index in [4.69, 9.17) is 28.4 Å². The summed E-state index contributed by atoms with van der Waals surface area (Å²) in [4.78, 5) is 0. The van der Waals surface area contributed by atoms with Crippen molar-refractivity contribution in [2.75, 3.05) is 42.0 Å². The molecule has 0 spiro atoms. The molecule has 6 nitrogen and oxygen atoms in total. The minimum Gasteiger partial charge on any atom is -0.493 e. The van der Waals surface area contributed by atoms with Crippen molar-refractivity contribution in [3.05, 3.63) is 11.6 Å². The highest BCUT2D eigenvalue weighted by Crippen LogP contribution is 2.45. The molecule has 0 fully saturated rings. The maximum Gasteiger partial charge on any atom is 0.188 e. The minimum atomic E-state index is -1.24. The predicted molar refractivity (Wildman–Crippen MR) is 127 cm³/mol. The minimum absolute atomic E-state index is 0.123. The standard InChI is InChI=1S/C24H40O6Si/c1-25-18-29-22-17-21(27-3)24(30-19-26-2)20(23(22)28-4)15-13-11-9-8-10-12-14-16-31(5,6)7/h17H,8-13,15,18-19H2,1-7H3. The Morgan fingerprint density at radius 2 is 1.39 bits per heavy atom. The van der Waals surface area contributed by atoms with Crippen LogP contribution in [0.2, 0.25) is 19.6 Å². The number of ether oxygens (including phenoxy) is 6. The molecule has 0 aliphatic heterocycles. The van der Waals surface area contributed by atoms with Crippen LogP contribution in [-0.4, -0.2) is 50.1 Å². The molecule has 0 aliphatic rings. The maximum atomic E-state index is 5.83. The van der Waals surface area contributed by atoms with Crippen LogP contribution in [-0.2, 0) is 15.9 Å². The first kappa shape index (κ1) is 27.2. The summed E-state index contributed by atoms with van der Waals surface area (Å²) in [5.74, 6) is 5.78. The zero-order chi connectivity index (χ0) is 23.1. The van der Waals surface area contributed by atoms with E-state index in [0.717, 1.165) is 37.7 Å². The molecule has 0 radical (unpaired) electrons. The molecular weight excluding hydrogens is 412 g/mol. The summed E-state index contributed by atoms with van der Waals surface area (Å²) in [6, 6.07) is 1.76. The number of hydrogen-bond acceptors (Lipinski definition) is 6. The second kappa shape index (κ2) is 15.0. The molecule has 1 rings (SSSR count). The van der Waals surface area contributed by atoms with Crippen LogP contribution < -0.4 is 18.9 Å². The smallest absolute Gasteiger partial charge is 0.188 e. The van der Waals surface area contributed by atoms with Gasteiger partial charge in [-0.25, -0.2) is 0 Å². The molecule has 0 saturated carbocycles. The molecule has 0 N–H and O–H groups in total. The van der Waals surface area contributed by atoms with E-state index < -0.39 is 8.07 Å². The Morgan fingerprint density at radius 3 is 2.00 bits per heavy atom. The van der Waals surface area contributed by atoms with Gasteiger partial charge >= 0.3 is 0 Å². The number of benzene rings is 1. The molecule has 0 saturated heterocycles. The van der Waals surface area contributed by atoms with E-state index in [9.17, 15) is 0 Å². The van der Waals surface area contributed by atoms with Gasteiger partial charge in [-0.15, -0.1) is 11.5 Å². The van der Waals surface area contributed by atoms with Crippen molar-refractivity contribution in [3.8, 4) is 34.5 Å². The van der Waals surface area contributed by atoms with Crippen molar-refractivity contribution < 1.29 is 28.4 Å². The van der Waals surface area contributed by atoms with E-state index in [1.165, 1.54) is 12.8 Å². The first-order chi connectivity index (χ1) is 14.9. The molecule has 1 aromatic carbocycles. The normalized spacial score (nSPS) is 10.9. The molecule has 0 heterocycles. The summed E-state index contributed by atoms with van der Waals surface area (Å²) < 4.78 is 32.9.